The van der Waals surface area contributed by atoms with Crippen LogP contribution in [0.4, 0.5) is 0 Å². The van der Waals surface area contributed by atoms with E-state index < -0.39 is 6.10 Å². The van der Waals surface area contributed by atoms with Crippen molar-refractivity contribution in [3.8, 4) is 5.75 Å². The van der Waals surface area contributed by atoms with Crippen LogP contribution in [0.15, 0.2) is 24.3 Å². The van der Waals surface area contributed by atoms with Crippen LogP contribution in [0, 0.1) is 11.3 Å². The molecule has 0 amide bonds. The fraction of sp³-hybridized carbons (Fsp3) is 0.667. The van der Waals surface area contributed by atoms with Crippen molar-refractivity contribution in [3.05, 3.63) is 29.8 Å². The lowest BCUT2D eigenvalue weighted by Gasteiger charge is -2.31. The van der Waals surface area contributed by atoms with Crippen molar-refractivity contribution in [1.29, 1.82) is 0 Å². The molecule has 3 heteroatoms. The molecule has 1 unspecified atom stereocenters. The molecule has 1 atom stereocenters. The third-order valence-corrected chi connectivity index (χ3v) is 5.06. The number of rotatable bonds is 9. The summed E-state index contributed by atoms with van der Waals surface area (Å²) in [5.74, 6) is 1.69. The van der Waals surface area contributed by atoms with Crippen LogP contribution in [0.3, 0.4) is 0 Å². The van der Waals surface area contributed by atoms with Crippen molar-refractivity contribution in [2.24, 2.45) is 17.1 Å². The zero-order chi connectivity index (χ0) is 15.3. The summed E-state index contributed by atoms with van der Waals surface area (Å²) in [5, 5.41) is 10.0. The van der Waals surface area contributed by atoms with Gasteiger partial charge in [-0.2, -0.15) is 0 Å². The smallest absolute Gasteiger partial charge is 0.119 e. The second-order valence-electron chi connectivity index (χ2n) is 6.30. The lowest BCUT2D eigenvalue weighted by molar-refractivity contribution is 0.107. The standard InChI is InChI=1S/C18H29NO2/c1-3-18(4-2,15-8-9-15)13-21-16-7-5-6-14(12-16)17(20)10-11-19/h5-7,12,15,17,20H,3-4,8-11,13,19H2,1-2H3. The first-order chi connectivity index (χ1) is 10.1. The predicted octanol–water partition coefficient (Wildman–Crippen LogP) is 3.66. The Morgan fingerprint density at radius 2 is 2.05 bits per heavy atom. The van der Waals surface area contributed by atoms with Gasteiger partial charge in [0.25, 0.3) is 0 Å². The van der Waals surface area contributed by atoms with Gasteiger partial charge in [0.1, 0.15) is 5.75 Å². The maximum absolute atomic E-state index is 10.0. The van der Waals surface area contributed by atoms with Gasteiger partial charge in [-0.3, -0.25) is 0 Å². The van der Waals surface area contributed by atoms with E-state index in [1.54, 1.807) is 0 Å². The summed E-state index contributed by atoms with van der Waals surface area (Å²) in [6.07, 6.45) is 5.12. The van der Waals surface area contributed by atoms with Crippen molar-refractivity contribution < 1.29 is 9.84 Å². The average molecular weight is 291 g/mol. The molecule has 0 aromatic heterocycles. The molecule has 0 heterocycles. The molecule has 0 aliphatic heterocycles. The number of aliphatic hydroxyl groups is 1. The van der Waals surface area contributed by atoms with Gasteiger partial charge in [-0.25, -0.2) is 0 Å². The van der Waals surface area contributed by atoms with Gasteiger partial charge in [-0.1, -0.05) is 26.0 Å². The highest BCUT2D eigenvalue weighted by Gasteiger charge is 2.43. The summed E-state index contributed by atoms with van der Waals surface area (Å²) < 4.78 is 6.08. The first-order valence-electron chi connectivity index (χ1n) is 8.26. The van der Waals surface area contributed by atoms with Gasteiger partial charge in [0.15, 0.2) is 0 Å². The summed E-state index contributed by atoms with van der Waals surface area (Å²) in [6.45, 7) is 5.81. The summed E-state index contributed by atoms with van der Waals surface area (Å²) in [4.78, 5) is 0. The van der Waals surface area contributed by atoms with E-state index in [1.165, 1.54) is 25.7 Å². The van der Waals surface area contributed by atoms with Crippen molar-refractivity contribution >= 4 is 0 Å². The quantitative estimate of drug-likeness (QED) is 0.730. The van der Waals surface area contributed by atoms with E-state index in [2.05, 4.69) is 13.8 Å². The zero-order valence-corrected chi connectivity index (χ0v) is 13.3. The molecule has 3 N–H and O–H groups in total. The topological polar surface area (TPSA) is 55.5 Å². The van der Waals surface area contributed by atoms with E-state index in [-0.39, 0.29) is 0 Å². The van der Waals surface area contributed by atoms with Crippen LogP contribution in [-0.4, -0.2) is 18.3 Å². The van der Waals surface area contributed by atoms with E-state index in [0.29, 0.717) is 18.4 Å². The van der Waals surface area contributed by atoms with Gasteiger partial charge < -0.3 is 15.6 Å². The molecule has 0 saturated heterocycles. The molecular weight excluding hydrogens is 262 g/mol. The van der Waals surface area contributed by atoms with E-state index >= 15 is 0 Å². The van der Waals surface area contributed by atoms with Crippen LogP contribution in [-0.2, 0) is 0 Å². The second kappa shape index (κ2) is 7.28. The maximum Gasteiger partial charge on any atom is 0.119 e. The first kappa shape index (κ1) is 16.3. The van der Waals surface area contributed by atoms with Crippen LogP contribution in [0.5, 0.6) is 5.75 Å². The normalized spacial score (nSPS) is 16.8. The van der Waals surface area contributed by atoms with Crippen LogP contribution >= 0.6 is 0 Å². The molecule has 1 saturated carbocycles. The Labute approximate surface area is 128 Å². The van der Waals surface area contributed by atoms with Crippen LogP contribution < -0.4 is 10.5 Å². The number of aliphatic hydroxyl groups excluding tert-OH is 1. The van der Waals surface area contributed by atoms with Gasteiger partial charge in [0, 0.05) is 5.41 Å². The van der Waals surface area contributed by atoms with Crippen molar-refractivity contribution in [1.82, 2.24) is 0 Å². The minimum atomic E-state index is -0.496. The van der Waals surface area contributed by atoms with E-state index in [1.807, 2.05) is 24.3 Å². The predicted molar refractivity (Wildman–Crippen MR) is 86.3 cm³/mol. The van der Waals surface area contributed by atoms with Crippen molar-refractivity contribution in [3.63, 3.8) is 0 Å². The summed E-state index contributed by atoms with van der Waals surface area (Å²) in [6, 6.07) is 7.80. The summed E-state index contributed by atoms with van der Waals surface area (Å²) in [5.41, 5.74) is 6.72. The molecular formula is C18H29NO2. The molecule has 0 radical (unpaired) electrons. The van der Waals surface area contributed by atoms with E-state index in [0.717, 1.165) is 23.8 Å². The molecule has 0 bridgehead atoms. The Kier molecular flexibility index (Phi) is 5.65. The number of hydrogen-bond acceptors (Lipinski definition) is 3. The molecule has 1 aliphatic carbocycles. The maximum atomic E-state index is 10.0. The highest BCUT2D eigenvalue weighted by atomic mass is 16.5. The lowest BCUT2D eigenvalue weighted by atomic mass is 9.78. The third kappa shape index (κ3) is 3.98. The molecule has 1 aromatic carbocycles. The zero-order valence-electron chi connectivity index (χ0n) is 13.3. The fourth-order valence-corrected chi connectivity index (χ4v) is 3.21. The molecule has 3 nitrogen and oxygen atoms in total. The fourth-order valence-electron chi connectivity index (χ4n) is 3.21. The Balaban J connectivity index is 2.00. The number of hydrogen-bond donors (Lipinski definition) is 2. The molecule has 0 spiro atoms. The Morgan fingerprint density at radius 1 is 1.33 bits per heavy atom. The first-order valence-corrected chi connectivity index (χ1v) is 8.26. The Hall–Kier alpha value is -1.06. The van der Waals surface area contributed by atoms with Gasteiger partial charge in [-0.15, -0.1) is 0 Å². The molecule has 1 fully saturated rings. The van der Waals surface area contributed by atoms with Crippen molar-refractivity contribution in [2.45, 2.75) is 52.1 Å². The Bertz CT molecular complexity index is 439. The molecule has 1 aliphatic rings. The van der Waals surface area contributed by atoms with E-state index in [9.17, 15) is 5.11 Å². The van der Waals surface area contributed by atoms with Crippen LogP contribution in [0.2, 0.25) is 0 Å². The lowest BCUT2D eigenvalue weighted by Crippen LogP contribution is -2.29. The summed E-state index contributed by atoms with van der Waals surface area (Å²) >= 11 is 0. The SMILES string of the molecule is CCC(CC)(COc1cccc(C(O)CCN)c1)C1CC1. The second-order valence-corrected chi connectivity index (χ2v) is 6.30. The van der Waals surface area contributed by atoms with Gasteiger partial charge >= 0.3 is 0 Å². The molecule has 1 aromatic rings. The molecule has 21 heavy (non-hydrogen) atoms. The molecule has 2 rings (SSSR count). The van der Waals surface area contributed by atoms with Crippen LogP contribution in [0.25, 0.3) is 0 Å². The summed E-state index contributed by atoms with van der Waals surface area (Å²) in [7, 11) is 0. The Morgan fingerprint density at radius 3 is 2.62 bits per heavy atom. The minimum absolute atomic E-state index is 0.325. The van der Waals surface area contributed by atoms with E-state index in [4.69, 9.17) is 10.5 Å². The number of benzene rings is 1. The average Bonchev–Trinajstić information content (AvgIpc) is 3.35. The molecule has 118 valence electrons. The highest BCUT2D eigenvalue weighted by molar-refractivity contribution is 5.30. The van der Waals surface area contributed by atoms with Gasteiger partial charge in [-0.05, 0) is 62.3 Å². The highest BCUT2D eigenvalue weighted by Crippen LogP contribution is 2.50. The number of ether oxygens (including phenoxy) is 1. The van der Waals surface area contributed by atoms with Crippen molar-refractivity contribution in [2.75, 3.05) is 13.2 Å². The third-order valence-electron chi connectivity index (χ3n) is 5.06. The largest absolute Gasteiger partial charge is 0.493 e. The van der Waals surface area contributed by atoms with Gasteiger partial charge in [0.05, 0.1) is 12.7 Å². The number of nitrogens with two attached hydrogens (primary N) is 1. The van der Waals surface area contributed by atoms with Crippen LogP contribution in [0.1, 0.15) is 57.6 Å². The monoisotopic (exact) mass is 291 g/mol. The van der Waals surface area contributed by atoms with Gasteiger partial charge in [0.2, 0.25) is 0 Å². The minimum Gasteiger partial charge on any atom is -0.493 e.